The number of para-hydroxylation sites is 1. The second-order valence-electron chi connectivity index (χ2n) is 5.64. The van der Waals surface area contributed by atoms with Gasteiger partial charge in [-0.3, -0.25) is 0 Å². The SMILES string of the molecule is N#Cc1ccc(COC(=O)c2ccccc2COc2ccccc2)cc1. The number of nitrogens with zero attached hydrogens (tertiary/aromatic N) is 1. The van der Waals surface area contributed by atoms with Crippen LogP contribution in [0.1, 0.15) is 27.0 Å². The number of carbonyl (C=O) groups excluding carboxylic acids is 1. The number of carbonyl (C=O) groups is 1. The van der Waals surface area contributed by atoms with E-state index in [4.69, 9.17) is 14.7 Å². The van der Waals surface area contributed by atoms with Gasteiger partial charge in [0, 0.05) is 5.56 Å². The van der Waals surface area contributed by atoms with E-state index in [1.54, 1.807) is 36.4 Å². The van der Waals surface area contributed by atoms with E-state index >= 15 is 0 Å². The van der Waals surface area contributed by atoms with Gasteiger partial charge in [-0.1, -0.05) is 48.5 Å². The number of rotatable bonds is 6. The fraction of sp³-hybridized carbons (Fsp3) is 0.0909. The van der Waals surface area contributed by atoms with Crippen LogP contribution in [0.4, 0.5) is 0 Å². The maximum atomic E-state index is 12.4. The van der Waals surface area contributed by atoms with E-state index in [-0.39, 0.29) is 13.2 Å². The van der Waals surface area contributed by atoms with Gasteiger partial charge in [0.05, 0.1) is 17.2 Å². The lowest BCUT2D eigenvalue weighted by Crippen LogP contribution is -2.10. The molecule has 3 aromatic rings. The molecule has 0 aliphatic rings. The molecule has 3 rings (SSSR count). The van der Waals surface area contributed by atoms with E-state index in [9.17, 15) is 4.79 Å². The second-order valence-corrected chi connectivity index (χ2v) is 5.64. The zero-order valence-electron chi connectivity index (χ0n) is 14.1. The molecule has 0 fully saturated rings. The Bertz CT molecular complexity index is 912. The Kier molecular flexibility index (Phi) is 5.64. The van der Waals surface area contributed by atoms with Crippen molar-refractivity contribution in [1.29, 1.82) is 5.26 Å². The summed E-state index contributed by atoms with van der Waals surface area (Å²) in [7, 11) is 0. The summed E-state index contributed by atoms with van der Waals surface area (Å²) < 4.78 is 11.1. The van der Waals surface area contributed by atoms with Crippen LogP contribution in [0.2, 0.25) is 0 Å². The summed E-state index contributed by atoms with van der Waals surface area (Å²) in [4.78, 5) is 12.4. The molecule has 0 heterocycles. The van der Waals surface area contributed by atoms with Crippen LogP contribution in [0.15, 0.2) is 78.9 Å². The molecule has 26 heavy (non-hydrogen) atoms. The quantitative estimate of drug-likeness (QED) is 0.619. The van der Waals surface area contributed by atoms with Crippen molar-refractivity contribution in [2.75, 3.05) is 0 Å². The molecule has 128 valence electrons. The Morgan fingerprint density at radius 2 is 1.54 bits per heavy atom. The van der Waals surface area contributed by atoms with Gasteiger partial charge in [-0.25, -0.2) is 4.79 Å². The predicted octanol–water partition coefficient (Wildman–Crippen LogP) is 4.49. The van der Waals surface area contributed by atoms with E-state index in [1.807, 2.05) is 42.5 Å². The highest BCUT2D eigenvalue weighted by Crippen LogP contribution is 2.16. The average molecular weight is 343 g/mol. The van der Waals surface area contributed by atoms with E-state index in [2.05, 4.69) is 6.07 Å². The Hall–Kier alpha value is -3.58. The third-order valence-corrected chi connectivity index (χ3v) is 3.83. The number of nitriles is 1. The molecule has 0 atom stereocenters. The first-order valence-electron chi connectivity index (χ1n) is 8.18. The molecule has 0 aliphatic carbocycles. The number of hydrogen-bond donors (Lipinski definition) is 0. The van der Waals surface area contributed by atoms with Gasteiger partial charge < -0.3 is 9.47 Å². The van der Waals surface area contributed by atoms with E-state index < -0.39 is 5.97 Å². The van der Waals surface area contributed by atoms with Crippen molar-refractivity contribution in [1.82, 2.24) is 0 Å². The summed E-state index contributed by atoms with van der Waals surface area (Å²) >= 11 is 0. The Morgan fingerprint density at radius 1 is 0.846 bits per heavy atom. The minimum absolute atomic E-state index is 0.151. The molecular formula is C22H17NO3. The average Bonchev–Trinajstić information content (AvgIpc) is 2.72. The largest absolute Gasteiger partial charge is 0.489 e. The number of benzene rings is 3. The summed E-state index contributed by atoms with van der Waals surface area (Å²) in [5.41, 5.74) is 2.65. The number of ether oxygens (including phenoxy) is 2. The first kappa shape index (κ1) is 17.2. The Labute approximate surface area is 152 Å². The fourth-order valence-corrected chi connectivity index (χ4v) is 2.43. The van der Waals surface area contributed by atoms with Crippen LogP contribution in [0.25, 0.3) is 0 Å². The third kappa shape index (κ3) is 4.49. The van der Waals surface area contributed by atoms with Crippen LogP contribution in [0.3, 0.4) is 0 Å². The first-order valence-corrected chi connectivity index (χ1v) is 8.18. The van der Waals surface area contributed by atoms with Gasteiger partial charge in [0.1, 0.15) is 19.0 Å². The van der Waals surface area contributed by atoms with Crippen LogP contribution < -0.4 is 4.74 Å². The van der Waals surface area contributed by atoms with Crippen LogP contribution in [-0.2, 0) is 18.0 Å². The predicted molar refractivity (Wildman–Crippen MR) is 97.5 cm³/mol. The van der Waals surface area contributed by atoms with Gasteiger partial charge in [0.15, 0.2) is 0 Å². The van der Waals surface area contributed by atoms with E-state index in [0.29, 0.717) is 11.1 Å². The minimum atomic E-state index is -0.401. The van der Waals surface area contributed by atoms with Gasteiger partial charge in [-0.05, 0) is 35.9 Å². The molecule has 0 N–H and O–H groups in total. The van der Waals surface area contributed by atoms with Crippen molar-refractivity contribution in [2.24, 2.45) is 0 Å². The first-order chi connectivity index (χ1) is 12.8. The fourth-order valence-electron chi connectivity index (χ4n) is 2.43. The van der Waals surface area contributed by atoms with Gasteiger partial charge in [0.25, 0.3) is 0 Å². The molecule has 0 saturated heterocycles. The van der Waals surface area contributed by atoms with Crippen LogP contribution in [0, 0.1) is 11.3 Å². The van der Waals surface area contributed by atoms with Gasteiger partial charge >= 0.3 is 5.97 Å². The molecule has 4 heteroatoms. The van der Waals surface area contributed by atoms with Gasteiger partial charge in [-0.15, -0.1) is 0 Å². The molecule has 0 saturated carbocycles. The van der Waals surface area contributed by atoms with Crippen molar-refractivity contribution in [2.45, 2.75) is 13.2 Å². The summed E-state index contributed by atoms with van der Waals surface area (Å²) in [5, 5.41) is 8.81. The monoisotopic (exact) mass is 343 g/mol. The van der Waals surface area contributed by atoms with E-state index in [0.717, 1.165) is 16.9 Å². The third-order valence-electron chi connectivity index (χ3n) is 3.83. The summed E-state index contributed by atoms with van der Waals surface area (Å²) in [5.74, 6) is 0.342. The highest BCUT2D eigenvalue weighted by atomic mass is 16.5. The van der Waals surface area contributed by atoms with Crippen molar-refractivity contribution in [3.05, 3.63) is 101 Å². The second kappa shape index (κ2) is 8.50. The van der Waals surface area contributed by atoms with Crippen molar-refractivity contribution in [3.8, 4) is 11.8 Å². The standard InChI is InChI=1S/C22H17NO3/c23-14-17-10-12-18(13-11-17)15-26-22(24)21-9-5-4-6-19(21)16-25-20-7-2-1-3-8-20/h1-13H,15-16H2. The highest BCUT2D eigenvalue weighted by molar-refractivity contribution is 5.91. The van der Waals surface area contributed by atoms with Crippen LogP contribution in [0.5, 0.6) is 5.75 Å². The molecule has 0 bridgehead atoms. The highest BCUT2D eigenvalue weighted by Gasteiger charge is 2.13. The molecule has 4 nitrogen and oxygen atoms in total. The van der Waals surface area contributed by atoms with Crippen molar-refractivity contribution < 1.29 is 14.3 Å². The number of esters is 1. The number of hydrogen-bond acceptors (Lipinski definition) is 4. The molecule has 3 aromatic carbocycles. The maximum Gasteiger partial charge on any atom is 0.338 e. The summed E-state index contributed by atoms with van der Waals surface area (Å²) in [6, 6.07) is 25.7. The molecule has 0 aliphatic heterocycles. The molecule has 0 unspecified atom stereocenters. The Morgan fingerprint density at radius 3 is 2.27 bits per heavy atom. The van der Waals surface area contributed by atoms with Gasteiger partial charge in [0.2, 0.25) is 0 Å². The van der Waals surface area contributed by atoms with E-state index in [1.165, 1.54) is 0 Å². The summed E-state index contributed by atoms with van der Waals surface area (Å²) in [6.45, 7) is 0.435. The normalized spacial score (nSPS) is 9.96. The Balaban J connectivity index is 1.64. The molecular weight excluding hydrogens is 326 g/mol. The van der Waals surface area contributed by atoms with Crippen molar-refractivity contribution >= 4 is 5.97 Å². The maximum absolute atomic E-state index is 12.4. The lowest BCUT2D eigenvalue weighted by molar-refractivity contribution is 0.0469. The topological polar surface area (TPSA) is 59.3 Å². The minimum Gasteiger partial charge on any atom is -0.489 e. The lowest BCUT2D eigenvalue weighted by atomic mass is 10.1. The van der Waals surface area contributed by atoms with Crippen molar-refractivity contribution in [3.63, 3.8) is 0 Å². The smallest absolute Gasteiger partial charge is 0.338 e. The van der Waals surface area contributed by atoms with Gasteiger partial charge in [-0.2, -0.15) is 5.26 Å². The lowest BCUT2D eigenvalue weighted by Gasteiger charge is -2.11. The summed E-state index contributed by atoms with van der Waals surface area (Å²) in [6.07, 6.45) is 0. The molecule has 0 amide bonds. The van der Waals surface area contributed by atoms with Crippen LogP contribution >= 0.6 is 0 Å². The molecule has 0 aromatic heterocycles. The van der Waals surface area contributed by atoms with Crippen LogP contribution in [-0.4, -0.2) is 5.97 Å². The molecule has 0 spiro atoms. The molecule has 0 radical (unpaired) electrons. The zero-order chi connectivity index (χ0) is 18.2. The zero-order valence-corrected chi connectivity index (χ0v) is 14.1.